The zero-order valence-electron chi connectivity index (χ0n) is 19.1. The zero-order valence-corrected chi connectivity index (χ0v) is 19.1. The van der Waals surface area contributed by atoms with E-state index in [9.17, 15) is 28.2 Å². The van der Waals surface area contributed by atoms with Crippen LogP contribution in [0.4, 0.5) is 24.5 Å². The second-order valence-electron chi connectivity index (χ2n) is 8.09. The normalized spacial score (nSPS) is 12.2. The van der Waals surface area contributed by atoms with Gasteiger partial charge in [-0.3, -0.25) is 4.57 Å². The van der Waals surface area contributed by atoms with E-state index >= 15 is 0 Å². The number of aromatic hydroxyl groups is 2. The number of para-hydroxylation sites is 1. The van der Waals surface area contributed by atoms with E-state index in [2.05, 4.69) is 10.2 Å². The molecule has 36 heavy (non-hydrogen) atoms. The van der Waals surface area contributed by atoms with E-state index in [-0.39, 0.29) is 33.6 Å². The van der Waals surface area contributed by atoms with Crippen LogP contribution >= 0.6 is 0 Å². The van der Waals surface area contributed by atoms with E-state index in [0.717, 1.165) is 29.3 Å². The van der Waals surface area contributed by atoms with Gasteiger partial charge in [-0.05, 0) is 67.4 Å². The van der Waals surface area contributed by atoms with Gasteiger partial charge in [-0.1, -0.05) is 18.2 Å². The second kappa shape index (κ2) is 9.21. The highest BCUT2D eigenvalue weighted by molar-refractivity contribution is 5.97. The number of azo groups is 1. The molecular weight excluding hydrogens is 475 g/mol. The Morgan fingerprint density at radius 1 is 0.972 bits per heavy atom. The molecule has 0 spiro atoms. The summed E-state index contributed by atoms with van der Waals surface area (Å²) in [4.78, 5) is 10.8. The Morgan fingerprint density at radius 2 is 1.72 bits per heavy atom. The van der Waals surface area contributed by atoms with E-state index < -0.39 is 23.6 Å². The largest absolute Gasteiger partial charge is 0.505 e. The maximum Gasteiger partial charge on any atom is 0.416 e. The third-order valence-corrected chi connectivity index (χ3v) is 5.70. The maximum absolute atomic E-state index is 13.5. The minimum atomic E-state index is -4.60. The van der Waals surface area contributed by atoms with Crippen LogP contribution in [0.5, 0.6) is 11.6 Å². The van der Waals surface area contributed by atoms with Gasteiger partial charge in [0.05, 0.1) is 11.1 Å². The lowest BCUT2D eigenvalue weighted by Crippen LogP contribution is -2.05. The maximum atomic E-state index is 13.5. The molecule has 0 amide bonds. The lowest BCUT2D eigenvalue weighted by molar-refractivity contribution is -0.137. The topological polar surface area (TPSA) is 107 Å². The fourth-order valence-corrected chi connectivity index (χ4v) is 3.69. The molecule has 0 radical (unpaired) electrons. The van der Waals surface area contributed by atoms with Gasteiger partial charge >= 0.3 is 12.1 Å². The van der Waals surface area contributed by atoms with Crippen molar-refractivity contribution < 1.29 is 33.3 Å². The fourth-order valence-electron chi connectivity index (χ4n) is 3.69. The van der Waals surface area contributed by atoms with E-state index in [4.69, 9.17) is 5.11 Å². The molecule has 0 atom stereocenters. The number of benzene rings is 3. The Bertz CT molecular complexity index is 1550. The third-order valence-electron chi connectivity index (χ3n) is 5.70. The molecule has 0 aliphatic carbocycles. The summed E-state index contributed by atoms with van der Waals surface area (Å²) in [6.45, 7) is 3.73. The monoisotopic (exact) mass is 495 g/mol. The summed E-state index contributed by atoms with van der Waals surface area (Å²) < 4.78 is 41.6. The van der Waals surface area contributed by atoms with E-state index in [1.807, 2.05) is 13.8 Å². The number of phenolic OH excluding ortho intramolecular Hbond substituents is 1. The van der Waals surface area contributed by atoms with Gasteiger partial charge in [-0.25, -0.2) is 4.79 Å². The molecule has 3 N–H and O–H groups in total. The lowest BCUT2D eigenvalue weighted by atomic mass is 10.1. The summed E-state index contributed by atoms with van der Waals surface area (Å²) in [7, 11) is 0. The van der Waals surface area contributed by atoms with E-state index in [1.165, 1.54) is 34.9 Å². The van der Waals surface area contributed by atoms with Crippen LogP contribution in [0.25, 0.3) is 22.7 Å². The van der Waals surface area contributed by atoms with Gasteiger partial charge in [0.15, 0.2) is 5.69 Å². The van der Waals surface area contributed by atoms with Gasteiger partial charge in [0.25, 0.3) is 0 Å². The van der Waals surface area contributed by atoms with Crippen LogP contribution in [0, 0.1) is 13.8 Å². The van der Waals surface area contributed by atoms with Gasteiger partial charge in [0.2, 0.25) is 5.88 Å². The molecular formula is C26H20F3N3O4. The van der Waals surface area contributed by atoms with Crippen LogP contribution < -0.4 is 0 Å². The lowest BCUT2D eigenvalue weighted by Gasteiger charge is -2.11. The first kappa shape index (κ1) is 24.5. The standard InChI is InChI=1S/C26H20F3N3O4/c1-14-6-9-18(12-15(14)2)32-21-13-17(26(27,28)29)8-10-19(21)23(25(32)36)31-30-20-5-3-4-16(24(20)35)7-11-22(33)34/h3-13,35-36H,1-2H3,(H,33,34)/b11-7-,31-30?. The average molecular weight is 495 g/mol. The smallest absolute Gasteiger partial charge is 0.416 e. The minimum Gasteiger partial charge on any atom is -0.505 e. The number of rotatable bonds is 5. The van der Waals surface area contributed by atoms with Gasteiger partial charge < -0.3 is 15.3 Å². The summed E-state index contributed by atoms with van der Waals surface area (Å²) in [5.41, 5.74) is 1.51. The molecule has 1 aromatic heterocycles. The zero-order chi connectivity index (χ0) is 26.2. The minimum absolute atomic E-state index is 0.0269. The molecule has 3 aromatic carbocycles. The van der Waals surface area contributed by atoms with Gasteiger partial charge in [0, 0.05) is 22.7 Å². The first-order valence-electron chi connectivity index (χ1n) is 10.6. The van der Waals surface area contributed by atoms with Crippen LogP contribution in [0.15, 0.2) is 70.9 Å². The molecule has 0 unspecified atom stereocenters. The number of aliphatic carboxylic acids is 1. The molecule has 0 saturated carbocycles. The van der Waals surface area contributed by atoms with Crippen molar-refractivity contribution in [2.24, 2.45) is 10.2 Å². The Balaban J connectivity index is 1.90. The Hall–Kier alpha value is -4.60. The predicted octanol–water partition coefficient (Wildman–Crippen LogP) is 7.19. The van der Waals surface area contributed by atoms with Crippen molar-refractivity contribution in [2.75, 3.05) is 0 Å². The fraction of sp³-hybridized carbons (Fsp3) is 0.115. The van der Waals surface area contributed by atoms with Gasteiger partial charge in [-0.15, -0.1) is 10.2 Å². The van der Waals surface area contributed by atoms with Crippen molar-refractivity contribution >= 4 is 34.3 Å². The summed E-state index contributed by atoms with van der Waals surface area (Å²) >= 11 is 0. The second-order valence-corrected chi connectivity index (χ2v) is 8.09. The summed E-state index contributed by atoms with van der Waals surface area (Å²) in [6.07, 6.45) is -2.57. The molecule has 0 aliphatic heterocycles. The molecule has 1 heterocycles. The number of fused-ring (bicyclic) bond motifs is 1. The van der Waals surface area contributed by atoms with Gasteiger partial charge in [-0.2, -0.15) is 13.2 Å². The number of hydrogen-bond donors (Lipinski definition) is 3. The highest BCUT2D eigenvalue weighted by Crippen LogP contribution is 2.44. The number of aromatic nitrogens is 1. The number of carboxylic acid groups (broad SMARTS) is 1. The number of phenols is 1. The van der Waals surface area contributed by atoms with Gasteiger partial charge in [0.1, 0.15) is 11.4 Å². The van der Waals surface area contributed by atoms with Crippen LogP contribution in [-0.4, -0.2) is 25.9 Å². The molecule has 0 aliphatic rings. The number of nitrogens with zero attached hydrogens (tertiary/aromatic N) is 3. The van der Waals surface area contributed by atoms with Crippen LogP contribution in [0.2, 0.25) is 0 Å². The number of hydrogen-bond acceptors (Lipinski definition) is 5. The highest BCUT2D eigenvalue weighted by atomic mass is 19.4. The number of carbonyl (C=O) groups is 1. The molecule has 4 rings (SSSR count). The summed E-state index contributed by atoms with van der Waals surface area (Å²) in [6, 6.07) is 12.6. The van der Waals surface area contributed by atoms with Crippen molar-refractivity contribution in [3.8, 4) is 17.3 Å². The van der Waals surface area contributed by atoms with Crippen LogP contribution in [0.3, 0.4) is 0 Å². The molecule has 4 aromatic rings. The van der Waals surface area contributed by atoms with Crippen LogP contribution in [-0.2, 0) is 11.0 Å². The van der Waals surface area contributed by atoms with E-state index in [1.54, 1.807) is 18.2 Å². The molecule has 0 fully saturated rings. The molecule has 7 nitrogen and oxygen atoms in total. The third kappa shape index (κ3) is 4.65. The Kier molecular flexibility index (Phi) is 6.28. The first-order valence-corrected chi connectivity index (χ1v) is 10.6. The highest BCUT2D eigenvalue weighted by Gasteiger charge is 2.32. The van der Waals surface area contributed by atoms with Crippen molar-refractivity contribution in [1.82, 2.24) is 4.57 Å². The molecule has 0 saturated heterocycles. The van der Waals surface area contributed by atoms with Crippen molar-refractivity contribution in [2.45, 2.75) is 20.0 Å². The van der Waals surface area contributed by atoms with Crippen molar-refractivity contribution in [3.63, 3.8) is 0 Å². The van der Waals surface area contributed by atoms with Crippen molar-refractivity contribution in [1.29, 1.82) is 0 Å². The average Bonchev–Trinajstić information content (AvgIpc) is 3.09. The summed E-state index contributed by atoms with van der Waals surface area (Å²) in [5, 5.41) is 38.5. The SMILES string of the molecule is Cc1ccc(-n2c(O)c(N=Nc3cccc(/C=C\C(=O)O)c3O)c3ccc(C(F)(F)F)cc32)cc1C. The number of aryl methyl sites for hydroxylation is 2. The first-order chi connectivity index (χ1) is 17.0. The number of carboxylic acids is 1. The Labute approximate surface area is 203 Å². The van der Waals surface area contributed by atoms with Crippen LogP contribution in [0.1, 0.15) is 22.3 Å². The quantitative estimate of drug-likeness (QED) is 0.201. The Morgan fingerprint density at radius 3 is 2.39 bits per heavy atom. The number of alkyl halides is 3. The number of halogens is 3. The summed E-state index contributed by atoms with van der Waals surface area (Å²) in [5.74, 6) is -1.99. The van der Waals surface area contributed by atoms with Crippen molar-refractivity contribution in [3.05, 3.63) is 82.9 Å². The van der Waals surface area contributed by atoms with E-state index in [0.29, 0.717) is 5.69 Å². The molecule has 184 valence electrons. The molecule has 0 bridgehead atoms. The predicted molar refractivity (Wildman–Crippen MR) is 128 cm³/mol. The molecule has 10 heteroatoms.